The van der Waals surface area contributed by atoms with Crippen molar-refractivity contribution in [3.05, 3.63) is 23.3 Å². The van der Waals surface area contributed by atoms with Crippen molar-refractivity contribution in [3.63, 3.8) is 0 Å². The summed E-state index contributed by atoms with van der Waals surface area (Å²) in [6.07, 6.45) is 0.765. The van der Waals surface area contributed by atoms with Crippen molar-refractivity contribution in [1.82, 2.24) is 0 Å². The molecule has 3 aliphatic heterocycles. The molecule has 3 fully saturated rings. The van der Waals surface area contributed by atoms with Gasteiger partial charge in [-0.1, -0.05) is 0 Å². The fraction of sp³-hybridized carbons (Fsp3) is 0.562. The average Bonchev–Trinajstić information content (AvgIpc) is 3.32. The van der Waals surface area contributed by atoms with E-state index in [4.69, 9.17) is 14.2 Å². The highest BCUT2D eigenvalue weighted by Gasteiger charge is 2.74. The van der Waals surface area contributed by atoms with Crippen LogP contribution in [0.3, 0.4) is 0 Å². The largest absolute Gasteiger partial charge is 0.508 e. The number of ether oxygens (including phenoxy) is 3. The van der Waals surface area contributed by atoms with Gasteiger partial charge < -0.3 is 24.4 Å². The fourth-order valence-electron chi connectivity index (χ4n) is 4.10. The van der Waals surface area contributed by atoms with Crippen LogP contribution in [-0.2, 0) is 25.4 Å². The molecule has 1 aliphatic carbocycles. The Labute approximate surface area is 126 Å². The maximum atomic E-state index is 12.2. The molecule has 0 amide bonds. The molecule has 3 heterocycles. The summed E-state index contributed by atoms with van der Waals surface area (Å²) in [5.74, 6) is -0.281. The minimum absolute atomic E-state index is 0.0123. The van der Waals surface area contributed by atoms with Gasteiger partial charge in [-0.05, 0) is 31.9 Å². The Morgan fingerprint density at radius 2 is 2.00 bits per heavy atom. The lowest BCUT2D eigenvalue weighted by molar-refractivity contribution is -0.154. The number of rotatable bonds is 0. The number of fused-ring (bicyclic) bond motifs is 3. The second-order valence-electron chi connectivity index (χ2n) is 6.88. The Bertz CT molecular complexity index is 715. The van der Waals surface area contributed by atoms with Crippen molar-refractivity contribution in [2.24, 2.45) is 0 Å². The van der Waals surface area contributed by atoms with E-state index in [2.05, 4.69) is 0 Å². The van der Waals surface area contributed by atoms with E-state index in [0.717, 1.165) is 6.42 Å². The van der Waals surface area contributed by atoms with Crippen LogP contribution >= 0.6 is 0 Å². The molecule has 0 radical (unpaired) electrons. The molecular weight excluding hydrogens is 288 g/mol. The maximum Gasteiger partial charge on any atom is 0.342 e. The van der Waals surface area contributed by atoms with Gasteiger partial charge in [-0.2, -0.15) is 0 Å². The van der Waals surface area contributed by atoms with Crippen molar-refractivity contribution in [2.75, 3.05) is 0 Å². The van der Waals surface area contributed by atoms with E-state index in [1.165, 1.54) is 12.1 Å². The summed E-state index contributed by atoms with van der Waals surface area (Å²) in [5.41, 5.74) is -0.226. The number of carbonyl (C=O) groups excluding carboxylic acids is 1. The number of hydrogen-bond acceptors (Lipinski definition) is 6. The highest BCUT2D eigenvalue weighted by Crippen LogP contribution is 2.60. The number of hydrogen-bond donors (Lipinski definition) is 2. The van der Waals surface area contributed by atoms with E-state index >= 15 is 0 Å². The third-order valence-electron chi connectivity index (χ3n) is 5.53. The van der Waals surface area contributed by atoms with Gasteiger partial charge in [-0.25, -0.2) is 4.79 Å². The van der Waals surface area contributed by atoms with Crippen molar-refractivity contribution in [1.29, 1.82) is 0 Å². The number of phenolic OH excluding ortho intramolecular Hbond substituents is 2. The Morgan fingerprint density at radius 3 is 2.77 bits per heavy atom. The monoisotopic (exact) mass is 304 g/mol. The van der Waals surface area contributed by atoms with Gasteiger partial charge in [0.05, 0.1) is 11.7 Å². The van der Waals surface area contributed by atoms with Gasteiger partial charge in [-0.3, -0.25) is 0 Å². The van der Waals surface area contributed by atoms with E-state index in [1.807, 2.05) is 6.92 Å². The van der Waals surface area contributed by atoms with Crippen molar-refractivity contribution >= 4 is 5.97 Å². The average molecular weight is 304 g/mol. The molecule has 0 unspecified atom stereocenters. The molecule has 6 nitrogen and oxygen atoms in total. The van der Waals surface area contributed by atoms with E-state index in [0.29, 0.717) is 24.0 Å². The fourth-order valence-corrected chi connectivity index (χ4v) is 4.10. The van der Waals surface area contributed by atoms with Crippen LogP contribution in [0.5, 0.6) is 11.5 Å². The highest BCUT2D eigenvalue weighted by atomic mass is 16.7. The first-order valence-corrected chi connectivity index (χ1v) is 7.55. The first kappa shape index (κ1) is 12.7. The summed E-state index contributed by atoms with van der Waals surface area (Å²) in [4.78, 5) is 12.2. The molecule has 2 N–H and O–H groups in total. The first-order chi connectivity index (χ1) is 10.4. The third-order valence-corrected chi connectivity index (χ3v) is 5.53. The minimum atomic E-state index is -0.885. The van der Waals surface area contributed by atoms with Crippen LogP contribution in [0, 0.1) is 0 Å². The lowest BCUT2D eigenvalue weighted by Crippen LogP contribution is -2.24. The number of epoxide rings is 2. The van der Waals surface area contributed by atoms with Crippen LogP contribution < -0.4 is 0 Å². The number of esters is 1. The Balaban J connectivity index is 1.70. The van der Waals surface area contributed by atoms with Gasteiger partial charge in [0.1, 0.15) is 17.6 Å². The second kappa shape index (κ2) is 3.58. The lowest BCUT2D eigenvalue weighted by Gasteiger charge is -2.20. The van der Waals surface area contributed by atoms with E-state index < -0.39 is 11.7 Å². The van der Waals surface area contributed by atoms with E-state index in [9.17, 15) is 15.0 Å². The van der Waals surface area contributed by atoms with Gasteiger partial charge >= 0.3 is 5.97 Å². The van der Waals surface area contributed by atoms with Gasteiger partial charge in [0.15, 0.2) is 11.7 Å². The van der Waals surface area contributed by atoms with Crippen molar-refractivity contribution in [3.8, 4) is 11.5 Å². The van der Waals surface area contributed by atoms with Gasteiger partial charge in [0.25, 0.3) is 0 Å². The molecule has 6 heteroatoms. The molecule has 4 aliphatic rings. The molecule has 5 rings (SSSR count). The summed E-state index contributed by atoms with van der Waals surface area (Å²) in [6.45, 7) is 1.99. The number of aromatic hydroxyl groups is 2. The van der Waals surface area contributed by atoms with E-state index in [1.54, 1.807) is 0 Å². The van der Waals surface area contributed by atoms with Gasteiger partial charge in [0.2, 0.25) is 0 Å². The molecular formula is C16H16O6. The second-order valence-corrected chi connectivity index (χ2v) is 6.88. The number of benzene rings is 1. The van der Waals surface area contributed by atoms with E-state index in [-0.39, 0.29) is 35.3 Å². The van der Waals surface area contributed by atoms with Gasteiger partial charge in [-0.15, -0.1) is 0 Å². The van der Waals surface area contributed by atoms with Crippen LogP contribution in [0.4, 0.5) is 0 Å². The van der Waals surface area contributed by atoms with Crippen LogP contribution in [0.15, 0.2) is 12.1 Å². The lowest BCUT2D eigenvalue weighted by atomic mass is 9.85. The minimum Gasteiger partial charge on any atom is -0.508 e. The van der Waals surface area contributed by atoms with Crippen LogP contribution in [-0.4, -0.2) is 39.6 Å². The molecule has 0 saturated carbocycles. The number of carbonyl (C=O) groups is 1. The van der Waals surface area contributed by atoms with Crippen LogP contribution in [0.25, 0.3) is 0 Å². The molecule has 0 spiro atoms. The smallest absolute Gasteiger partial charge is 0.342 e. The zero-order valence-electron chi connectivity index (χ0n) is 12.0. The Morgan fingerprint density at radius 1 is 1.23 bits per heavy atom. The summed E-state index contributed by atoms with van der Waals surface area (Å²) < 4.78 is 16.9. The molecule has 116 valence electrons. The third kappa shape index (κ3) is 1.39. The molecule has 22 heavy (non-hydrogen) atoms. The standard InChI is InChI=1S/C16H16O6/c1-15-6-7-8(17)2-3-9(18)11(7)12-13-16(22-13,14(19)20-12)5-4-10(15)21-15/h2-3,10,12-13,17-18H,4-6H2,1H3/t10-,12-,13-,15+,16-/m0/s1. The molecule has 5 atom stereocenters. The topological polar surface area (TPSA) is 91.8 Å². The molecule has 0 aromatic heterocycles. The SMILES string of the molecule is C[C@@]12Cc3c(O)ccc(O)c3[C@@H]3OC(=O)[C@@]4(CC[C@@H]1O2)O[C@@H]34. The molecule has 2 bridgehead atoms. The van der Waals surface area contributed by atoms with Gasteiger partial charge in [0, 0.05) is 17.5 Å². The predicted molar refractivity (Wildman–Crippen MR) is 72.4 cm³/mol. The quantitative estimate of drug-likeness (QED) is 0.427. The number of phenols is 2. The highest BCUT2D eigenvalue weighted by molar-refractivity contribution is 5.87. The normalized spacial score (nSPS) is 44.4. The molecule has 1 aromatic carbocycles. The van der Waals surface area contributed by atoms with Crippen LogP contribution in [0.1, 0.15) is 37.0 Å². The first-order valence-electron chi connectivity index (χ1n) is 7.55. The zero-order valence-corrected chi connectivity index (χ0v) is 12.0. The van der Waals surface area contributed by atoms with Crippen molar-refractivity contribution in [2.45, 2.75) is 55.7 Å². The van der Waals surface area contributed by atoms with Crippen molar-refractivity contribution < 1.29 is 29.2 Å². The molecule has 1 aromatic rings. The maximum absolute atomic E-state index is 12.2. The summed E-state index contributed by atoms with van der Waals surface area (Å²) in [6, 6.07) is 2.88. The molecule has 3 saturated heterocycles. The van der Waals surface area contributed by atoms with Crippen LogP contribution in [0.2, 0.25) is 0 Å². The summed E-state index contributed by atoms with van der Waals surface area (Å²) in [7, 11) is 0. The Hall–Kier alpha value is -1.79. The summed E-state index contributed by atoms with van der Waals surface area (Å²) >= 11 is 0. The predicted octanol–water partition coefficient (Wildman–Crippen LogP) is 1.33. The summed E-state index contributed by atoms with van der Waals surface area (Å²) in [5, 5.41) is 20.5. The Kier molecular flexibility index (Phi) is 2.07. The zero-order chi connectivity index (χ0) is 15.3.